The maximum atomic E-state index is 12.1. The molecule has 82 valence electrons. The Morgan fingerprint density at radius 3 is 2.25 bits per heavy atom. The maximum Gasteiger partial charge on any atom is 0.264 e. The molecule has 1 heterocycles. The first-order valence-electron chi connectivity index (χ1n) is 4.30. The molecule has 0 radical (unpaired) electrons. The van der Waals surface area contributed by atoms with Crippen molar-refractivity contribution in [3.8, 4) is 0 Å². The fourth-order valence-corrected chi connectivity index (χ4v) is 2.99. The second-order valence-electron chi connectivity index (χ2n) is 2.97. The van der Waals surface area contributed by atoms with Crippen LogP contribution in [0.5, 0.6) is 0 Å². The van der Waals surface area contributed by atoms with Gasteiger partial charge in [0, 0.05) is 5.56 Å². The van der Waals surface area contributed by atoms with Gasteiger partial charge in [0.15, 0.2) is 4.73 Å². The van der Waals surface area contributed by atoms with Gasteiger partial charge in [0.2, 0.25) is 0 Å². The molecule has 2 aromatic rings. The Labute approximate surface area is 117 Å². The molecule has 0 spiro atoms. The molecular weight excluding hydrogens is 404 g/mol. The van der Waals surface area contributed by atoms with Crippen molar-refractivity contribution in [2.45, 2.75) is 0 Å². The molecule has 0 bridgehead atoms. The quantitative estimate of drug-likeness (QED) is 0.718. The molecule has 0 amide bonds. The normalized spacial score (nSPS) is 10.4. The highest BCUT2D eigenvalue weighted by atomic mass is 79.9. The lowest BCUT2D eigenvalue weighted by molar-refractivity contribution is 0.0955. The van der Waals surface area contributed by atoms with Gasteiger partial charge in [-0.05, 0) is 59.9 Å². The molecule has 0 saturated carbocycles. The smallest absolute Gasteiger partial charge is 0.264 e. The summed E-state index contributed by atoms with van der Waals surface area (Å²) in [5.74, 6) is -0.141. The lowest BCUT2D eigenvalue weighted by Gasteiger charge is -2.03. The number of nitrogens with zero attached hydrogens (tertiary/aromatic N) is 2. The summed E-state index contributed by atoms with van der Waals surface area (Å²) < 4.78 is 3.08. The second-order valence-corrected chi connectivity index (χ2v) is 5.18. The monoisotopic (exact) mass is 406 g/mol. The van der Waals surface area contributed by atoms with Gasteiger partial charge in [-0.15, -0.1) is 0 Å². The van der Waals surface area contributed by atoms with Crippen molar-refractivity contribution in [1.29, 1.82) is 0 Å². The zero-order valence-electron chi connectivity index (χ0n) is 7.82. The Bertz CT molecular complexity index is 536. The topological polar surface area (TPSA) is 34.9 Å². The van der Waals surface area contributed by atoms with Gasteiger partial charge in [0.1, 0.15) is 9.21 Å². The van der Waals surface area contributed by atoms with Gasteiger partial charge in [-0.25, -0.2) is 9.55 Å². The predicted octanol–water partition coefficient (Wildman–Crippen LogP) is 3.86. The van der Waals surface area contributed by atoms with E-state index in [9.17, 15) is 4.79 Å². The molecule has 3 nitrogen and oxygen atoms in total. The molecule has 1 aromatic carbocycles. The van der Waals surface area contributed by atoms with E-state index in [4.69, 9.17) is 0 Å². The van der Waals surface area contributed by atoms with Gasteiger partial charge in [0.25, 0.3) is 5.91 Å². The third kappa shape index (κ3) is 2.14. The molecule has 0 unspecified atom stereocenters. The number of aromatic nitrogens is 2. The molecule has 0 saturated heterocycles. The highest BCUT2D eigenvalue weighted by Gasteiger charge is 2.18. The first kappa shape index (κ1) is 12.0. The van der Waals surface area contributed by atoms with E-state index in [-0.39, 0.29) is 5.91 Å². The van der Waals surface area contributed by atoms with Crippen LogP contribution in [0.1, 0.15) is 10.4 Å². The van der Waals surface area contributed by atoms with Crippen molar-refractivity contribution < 1.29 is 4.79 Å². The van der Waals surface area contributed by atoms with E-state index in [1.54, 1.807) is 12.1 Å². The number of carbonyl (C=O) groups is 1. The molecule has 0 fully saturated rings. The minimum Gasteiger partial charge on any atom is -0.268 e. The Balaban J connectivity index is 2.50. The molecule has 6 heteroatoms. The van der Waals surface area contributed by atoms with Crippen molar-refractivity contribution in [3.63, 3.8) is 0 Å². The molecule has 0 aliphatic heterocycles. The number of carbonyl (C=O) groups excluding carboxylic acids is 1. The first-order valence-corrected chi connectivity index (χ1v) is 6.68. The lowest BCUT2D eigenvalue weighted by atomic mass is 10.2. The van der Waals surface area contributed by atoms with Crippen LogP contribution in [0.2, 0.25) is 0 Å². The van der Waals surface area contributed by atoms with Crippen molar-refractivity contribution in [3.05, 3.63) is 49.8 Å². The molecule has 0 aliphatic rings. The van der Waals surface area contributed by atoms with E-state index >= 15 is 0 Å². The van der Waals surface area contributed by atoms with Crippen LogP contribution < -0.4 is 0 Å². The summed E-state index contributed by atoms with van der Waals surface area (Å²) in [5.41, 5.74) is 0.605. The van der Waals surface area contributed by atoms with Crippen LogP contribution >= 0.6 is 47.8 Å². The maximum absolute atomic E-state index is 12.1. The summed E-state index contributed by atoms with van der Waals surface area (Å²) in [6.45, 7) is 0. The van der Waals surface area contributed by atoms with Crippen molar-refractivity contribution in [1.82, 2.24) is 9.55 Å². The molecule has 1 aromatic heterocycles. The van der Waals surface area contributed by atoms with Gasteiger partial charge < -0.3 is 0 Å². The van der Waals surface area contributed by atoms with Crippen LogP contribution in [-0.4, -0.2) is 15.5 Å². The molecule has 2 rings (SSSR count). The van der Waals surface area contributed by atoms with Crippen LogP contribution in [0.3, 0.4) is 0 Å². The van der Waals surface area contributed by atoms with Crippen molar-refractivity contribution >= 4 is 53.7 Å². The zero-order valence-corrected chi connectivity index (χ0v) is 12.6. The molecule has 0 aliphatic carbocycles. The van der Waals surface area contributed by atoms with Gasteiger partial charge in [-0.3, -0.25) is 4.79 Å². The minimum absolute atomic E-state index is 0.141. The third-order valence-corrected chi connectivity index (χ3v) is 4.31. The van der Waals surface area contributed by atoms with Crippen LogP contribution in [0.4, 0.5) is 0 Å². The van der Waals surface area contributed by atoms with E-state index < -0.39 is 0 Å². The number of hydrogen-bond acceptors (Lipinski definition) is 2. The number of imidazole rings is 1. The number of benzene rings is 1. The lowest BCUT2D eigenvalue weighted by Crippen LogP contribution is -2.12. The molecule has 0 N–H and O–H groups in total. The van der Waals surface area contributed by atoms with E-state index in [0.717, 1.165) is 0 Å². The molecule has 0 atom stereocenters. The number of hydrogen-bond donors (Lipinski definition) is 0. The average Bonchev–Trinajstić information content (AvgIpc) is 2.54. The van der Waals surface area contributed by atoms with E-state index in [1.165, 1.54) is 4.57 Å². The average molecular weight is 409 g/mol. The van der Waals surface area contributed by atoms with E-state index in [1.807, 2.05) is 18.2 Å². The predicted molar refractivity (Wildman–Crippen MR) is 71.5 cm³/mol. The summed E-state index contributed by atoms with van der Waals surface area (Å²) in [6.07, 6.45) is 0. The van der Waals surface area contributed by atoms with E-state index in [2.05, 4.69) is 52.8 Å². The second kappa shape index (κ2) is 4.81. The Morgan fingerprint density at radius 2 is 1.75 bits per heavy atom. The van der Waals surface area contributed by atoms with Gasteiger partial charge in [-0.2, -0.15) is 0 Å². The number of halogens is 3. The Kier molecular flexibility index (Phi) is 3.61. The first-order chi connectivity index (χ1) is 7.61. The standard InChI is InChI=1S/C10H5Br3N2O/c11-7-8(12)15(10(13)14-7)9(16)6-4-2-1-3-5-6/h1-5H. The van der Waals surface area contributed by atoms with Crippen LogP contribution in [0.15, 0.2) is 44.3 Å². The van der Waals surface area contributed by atoms with Crippen LogP contribution in [-0.2, 0) is 0 Å². The van der Waals surface area contributed by atoms with Gasteiger partial charge in [0.05, 0.1) is 0 Å². The highest BCUT2D eigenvalue weighted by molar-refractivity contribution is 9.13. The Hall–Kier alpha value is -0.460. The van der Waals surface area contributed by atoms with Crippen molar-refractivity contribution in [2.24, 2.45) is 0 Å². The van der Waals surface area contributed by atoms with Gasteiger partial charge >= 0.3 is 0 Å². The minimum atomic E-state index is -0.141. The summed E-state index contributed by atoms with van der Waals surface area (Å²) in [5, 5.41) is 0. The fourth-order valence-electron chi connectivity index (χ4n) is 1.23. The van der Waals surface area contributed by atoms with E-state index in [0.29, 0.717) is 19.5 Å². The molecular formula is C10H5Br3N2O. The largest absolute Gasteiger partial charge is 0.268 e. The van der Waals surface area contributed by atoms with Crippen LogP contribution in [0.25, 0.3) is 0 Å². The van der Waals surface area contributed by atoms with Gasteiger partial charge in [-0.1, -0.05) is 18.2 Å². The zero-order chi connectivity index (χ0) is 11.7. The SMILES string of the molecule is O=C(c1ccccc1)n1c(Br)nc(Br)c1Br. The summed E-state index contributed by atoms with van der Waals surface area (Å²) in [4.78, 5) is 16.2. The highest BCUT2D eigenvalue weighted by Crippen LogP contribution is 2.27. The number of rotatable bonds is 1. The molecule has 16 heavy (non-hydrogen) atoms. The fraction of sp³-hybridized carbons (Fsp3) is 0. The summed E-state index contributed by atoms with van der Waals surface area (Å²) in [7, 11) is 0. The van der Waals surface area contributed by atoms with Crippen LogP contribution in [0, 0.1) is 0 Å². The Morgan fingerprint density at radius 1 is 1.12 bits per heavy atom. The summed E-state index contributed by atoms with van der Waals surface area (Å²) >= 11 is 9.79. The van der Waals surface area contributed by atoms with Crippen molar-refractivity contribution in [2.75, 3.05) is 0 Å². The third-order valence-electron chi connectivity index (χ3n) is 1.97. The summed E-state index contributed by atoms with van der Waals surface area (Å²) in [6, 6.07) is 9.02.